The molecular formula is C14H20FNOS. The fourth-order valence-electron chi connectivity index (χ4n) is 2.48. The van der Waals surface area contributed by atoms with E-state index in [0.717, 1.165) is 0 Å². The molecule has 1 fully saturated rings. The molecule has 2 nitrogen and oxygen atoms in total. The molecule has 1 aromatic rings. The van der Waals surface area contributed by atoms with Crippen molar-refractivity contribution in [2.75, 3.05) is 13.4 Å². The van der Waals surface area contributed by atoms with Crippen molar-refractivity contribution in [1.29, 1.82) is 0 Å². The van der Waals surface area contributed by atoms with E-state index in [1.54, 1.807) is 19.2 Å². The number of rotatable bonds is 5. The standard InChI is InChI=1S/C14H20FNOS/c1-17-11-7-6-10(12(15)8-11)9-16-13-4-3-5-14(13)18-2/h6-8,13-14,16H,3-5,9H2,1-2H3. The lowest BCUT2D eigenvalue weighted by Gasteiger charge is -2.19. The lowest BCUT2D eigenvalue weighted by molar-refractivity contribution is 0.410. The number of thioether (sulfide) groups is 1. The molecule has 1 aliphatic carbocycles. The van der Waals surface area contributed by atoms with Crippen molar-refractivity contribution in [2.24, 2.45) is 0 Å². The van der Waals surface area contributed by atoms with Crippen molar-refractivity contribution >= 4 is 11.8 Å². The van der Waals surface area contributed by atoms with Crippen LogP contribution >= 0.6 is 11.8 Å². The predicted octanol–water partition coefficient (Wildman–Crippen LogP) is 3.21. The zero-order chi connectivity index (χ0) is 13.0. The molecule has 1 aliphatic rings. The second-order valence-corrected chi connectivity index (χ2v) is 5.73. The first-order valence-electron chi connectivity index (χ1n) is 6.33. The molecule has 0 amide bonds. The summed E-state index contributed by atoms with van der Waals surface area (Å²) in [5, 5.41) is 4.15. The first kappa shape index (κ1) is 13.7. The molecule has 0 heterocycles. The van der Waals surface area contributed by atoms with Crippen LogP contribution in [0.3, 0.4) is 0 Å². The third-order valence-corrected chi connectivity index (χ3v) is 4.74. The molecule has 0 saturated heterocycles. The summed E-state index contributed by atoms with van der Waals surface area (Å²) < 4.78 is 18.8. The molecular weight excluding hydrogens is 249 g/mol. The van der Waals surface area contributed by atoms with E-state index in [1.165, 1.54) is 25.3 Å². The minimum atomic E-state index is -0.194. The zero-order valence-corrected chi connectivity index (χ0v) is 11.7. The van der Waals surface area contributed by atoms with E-state index in [2.05, 4.69) is 11.6 Å². The Morgan fingerprint density at radius 2 is 2.28 bits per heavy atom. The maximum atomic E-state index is 13.8. The highest BCUT2D eigenvalue weighted by molar-refractivity contribution is 7.99. The first-order valence-corrected chi connectivity index (χ1v) is 7.62. The Hall–Kier alpha value is -0.740. The molecule has 2 rings (SSSR count). The smallest absolute Gasteiger partial charge is 0.131 e. The minimum Gasteiger partial charge on any atom is -0.497 e. The monoisotopic (exact) mass is 269 g/mol. The molecule has 1 aromatic carbocycles. The van der Waals surface area contributed by atoms with Crippen LogP contribution in [0.25, 0.3) is 0 Å². The van der Waals surface area contributed by atoms with Crippen molar-refractivity contribution in [2.45, 2.75) is 37.1 Å². The fourth-order valence-corrected chi connectivity index (χ4v) is 3.44. The number of nitrogens with one attached hydrogen (secondary N) is 1. The molecule has 2 unspecified atom stereocenters. The summed E-state index contributed by atoms with van der Waals surface area (Å²) in [5.41, 5.74) is 0.711. The summed E-state index contributed by atoms with van der Waals surface area (Å²) in [6, 6.07) is 5.56. The van der Waals surface area contributed by atoms with Gasteiger partial charge in [-0.1, -0.05) is 12.5 Å². The van der Waals surface area contributed by atoms with Gasteiger partial charge >= 0.3 is 0 Å². The predicted molar refractivity (Wildman–Crippen MR) is 74.7 cm³/mol. The van der Waals surface area contributed by atoms with Crippen LogP contribution in [0.2, 0.25) is 0 Å². The molecule has 18 heavy (non-hydrogen) atoms. The molecule has 0 radical (unpaired) electrons. The van der Waals surface area contributed by atoms with E-state index < -0.39 is 0 Å². The van der Waals surface area contributed by atoms with Crippen molar-refractivity contribution in [3.8, 4) is 5.75 Å². The van der Waals surface area contributed by atoms with Gasteiger partial charge in [-0.05, 0) is 25.2 Å². The van der Waals surface area contributed by atoms with Gasteiger partial charge in [0, 0.05) is 29.5 Å². The Bertz CT molecular complexity index is 399. The normalized spacial score (nSPS) is 23.3. The zero-order valence-electron chi connectivity index (χ0n) is 10.9. The lowest BCUT2D eigenvalue weighted by Crippen LogP contribution is -2.33. The van der Waals surface area contributed by atoms with Crippen LogP contribution in [-0.2, 0) is 6.54 Å². The Labute approximate surface area is 112 Å². The average molecular weight is 269 g/mol. The number of benzene rings is 1. The van der Waals surface area contributed by atoms with Crippen LogP contribution in [0.1, 0.15) is 24.8 Å². The number of hydrogen-bond acceptors (Lipinski definition) is 3. The van der Waals surface area contributed by atoms with Gasteiger partial charge in [0.2, 0.25) is 0 Å². The van der Waals surface area contributed by atoms with Gasteiger partial charge in [-0.3, -0.25) is 0 Å². The highest BCUT2D eigenvalue weighted by atomic mass is 32.2. The summed E-state index contributed by atoms with van der Waals surface area (Å²) in [4.78, 5) is 0. The van der Waals surface area contributed by atoms with Crippen LogP contribution in [-0.4, -0.2) is 24.7 Å². The number of methoxy groups -OCH3 is 1. The van der Waals surface area contributed by atoms with Gasteiger partial charge in [0.1, 0.15) is 11.6 Å². The van der Waals surface area contributed by atoms with Crippen LogP contribution in [0.5, 0.6) is 5.75 Å². The second kappa shape index (κ2) is 6.43. The number of hydrogen-bond donors (Lipinski definition) is 1. The molecule has 2 atom stereocenters. The molecule has 0 aliphatic heterocycles. The Balaban J connectivity index is 1.93. The topological polar surface area (TPSA) is 21.3 Å². The Morgan fingerprint density at radius 3 is 2.94 bits per heavy atom. The van der Waals surface area contributed by atoms with E-state index in [-0.39, 0.29) is 5.82 Å². The summed E-state index contributed by atoms with van der Waals surface area (Å²) in [6.45, 7) is 0.595. The average Bonchev–Trinajstić information content (AvgIpc) is 2.84. The van der Waals surface area contributed by atoms with E-state index >= 15 is 0 Å². The van der Waals surface area contributed by atoms with Gasteiger partial charge in [0.25, 0.3) is 0 Å². The van der Waals surface area contributed by atoms with Crippen LogP contribution in [0.15, 0.2) is 18.2 Å². The van der Waals surface area contributed by atoms with Crippen LogP contribution < -0.4 is 10.1 Å². The Morgan fingerprint density at radius 1 is 1.44 bits per heavy atom. The first-order chi connectivity index (χ1) is 8.74. The Kier molecular flexibility index (Phi) is 4.89. The van der Waals surface area contributed by atoms with E-state index in [9.17, 15) is 4.39 Å². The lowest BCUT2D eigenvalue weighted by atomic mass is 10.1. The number of ether oxygens (including phenoxy) is 1. The van der Waals surface area contributed by atoms with Crippen molar-refractivity contribution in [3.63, 3.8) is 0 Å². The van der Waals surface area contributed by atoms with Gasteiger partial charge in [-0.15, -0.1) is 0 Å². The van der Waals surface area contributed by atoms with Crippen LogP contribution in [0.4, 0.5) is 4.39 Å². The van der Waals surface area contributed by atoms with Gasteiger partial charge < -0.3 is 10.1 Å². The van der Waals surface area contributed by atoms with Gasteiger partial charge in [0.15, 0.2) is 0 Å². The van der Waals surface area contributed by atoms with E-state index in [0.29, 0.717) is 29.1 Å². The molecule has 1 saturated carbocycles. The minimum absolute atomic E-state index is 0.194. The van der Waals surface area contributed by atoms with Crippen molar-refractivity contribution in [1.82, 2.24) is 5.32 Å². The molecule has 100 valence electrons. The SMILES string of the molecule is COc1ccc(CNC2CCCC2SC)c(F)c1. The van der Waals surface area contributed by atoms with Crippen LogP contribution in [0, 0.1) is 5.82 Å². The summed E-state index contributed by atoms with van der Waals surface area (Å²) in [5.74, 6) is 0.375. The van der Waals surface area contributed by atoms with E-state index in [4.69, 9.17) is 4.74 Å². The van der Waals surface area contributed by atoms with Crippen molar-refractivity contribution in [3.05, 3.63) is 29.6 Å². The molecule has 0 aromatic heterocycles. The summed E-state index contributed by atoms with van der Waals surface area (Å²) in [7, 11) is 1.55. The highest BCUT2D eigenvalue weighted by Gasteiger charge is 2.25. The van der Waals surface area contributed by atoms with Gasteiger partial charge in [-0.2, -0.15) is 11.8 Å². The number of halogens is 1. The third-order valence-electron chi connectivity index (χ3n) is 3.57. The maximum Gasteiger partial charge on any atom is 0.131 e. The summed E-state index contributed by atoms with van der Waals surface area (Å²) in [6.07, 6.45) is 5.89. The molecule has 0 spiro atoms. The van der Waals surface area contributed by atoms with E-state index in [1.807, 2.05) is 11.8 Å². The molecule has 4 heteroatoms. The maximum absolute atomic E-state index is 13.8. The van der Waals surface area contributed by atoms with Gasteiger partial charge in [0.05, 0.1) is 7.11 Å². The summed E-state index contributed by atoms with van der Waals surface area (Å²) >= 11 is 1.91. The van der Waals surface area contributed by atoms with Gasteiger partial charge in [-0.25, -0.2) is 4.39 Å². The van der Waals surface area contributed by atoms with Crippen molar-refractivity contribution < 1.29 is 9.13 Å². The second-order valence-electron chi connectivity index (χ2n) is 4.65. The molecule has 0 bridgehead atoms. The molecule has 1 N–H and O–H groups in total. The fraction of sp³-hybridized carbons (Fsp3) is 0.571. The quantitative estimate of drug-likeness (QED) is 0.887. The third kappa shape index (κ3) is 3.18. The largest absolute Gasteiger partial charge is 0.497 e. The highest BCUT2D eigenvalue weighted by Crippen LogP contribution is 2.28.